The average Bonchev–Trinajstić information content (AvgIpc) is 3.46. The highest BCUT2D eigenvalue weighted by Crippen LogP contribution is 2.31. The second-order valence-corrected chi connectivity index (χ2v) is 8.05. The van der Waals surface area contributed by atoms with E-state index in [1.54, 1.807) is 0 Å². The van der Waals surface area contributed by atoms with Crippen molar-refractivity contribution in [1.82, 2.24) is 15.1 Å². The van der Waals surface area contributed by atoms with Crippen LogP contribution in [0.2, 0.25) is 0 Å². The molecule has 1 saturated carbocycles. The number of urea groups is 1. The molecular weight excluding hydrogens is 346 g/mol. The smallest absolute Gasteiger partial charge is 0.324 e. The Morgan fingerprint density at radius 3 is 2.48 bits per heavy atom. The van der Waals surface area contributed by atoms with Crippen molar-refractivity contribution in [3.05, 3.63) is 0 Å². The second-order valence-electron chi connectivity index (χ2n) is 8.05. The Kier molecular flexibility index (Phi) is 9.51. The molecule has 2 aliphatic rings. The first-order chi connectivity index (χ1) is 13.0. The maximum absolute atomic E-state index is 12.3. The summed E-state index contributed by atoms with van der Waals surface area (Å²) in [7, 11) is 0. The Balaban J connectivity index is 1.85. The molecule has 7 nitrogen and oxygen atoms in total. The third kappa shape index (κ3) is 8.15. The third-order valence-electron chi connectivity index (χ3n) is 5.50. The van der Waals surface area contributed by atoms with Gasteiger partial charge in [0.2, 0.25) is 5.91 Å². The minimum absolute atomic E-state index is 0.179. The SMILES string of the molecule is CCCNC(=O)N(CC1CCCC(CN(CCCO)CC2CO2)C1)C(C)=O. The summed E-state index contributed by atoms with van der Waals surface area (Å²) in [5, 5.41) is 12.0. The highest BCUT2D eigenvalue weighted by Gasteiger charge is 2.30. The lowest BCUT2D eigenvalue weighted by atomic mass is 9.80. The summed E-state index contributed by atoms with van der Waals surface area (Å²) in [5.41, 5.74) is 0. The second kappa shape index (κ2) is 11.6. The van der Waals surface area contributed by atoms with Crippen LogP contribution in [-0.4, -0.2) is 78.9 Å². The van der Waals surface area contributed by atoms with E-state index in [2.05, 4.69) is 10.2 Å². The number of amides is 3. The fraction of sp³-hybridized carbons (Fsp3) is 0.900. The van der Waals surface area contributed by atoms with Gasteiger partial charge in [0.1, 0.15) is 0 Å². The minimum atomic E-state index is -0.262. The van der Waals surface area contributed by atoms with Gasteiger partial charge in [-0.1, -0.05) is 13.3 Å². The van der Waals surface area contributed by atoms with E-state index < -0.39 is 0 Å². The fourth-order valence-corrected chi connectivity index (χ4v) is 4.05. The molecule has 2 fully saturated rings. The summed E-state index contributed by atoms with van der Waals surface area (Å²) < 4.78 is 5.37. The van der Waals surface area contributed by atoms with E-state index in [9.17, 15) is 9.59 Å². The van der Waals surface area contributed by atoms with Crippen LogP contribution in [0.3, 0.4) is 0 Å². The van der Waals surface area contributed by atoms with Crippen LogP contribution in [0.1, 0.15) is 52.4 Å². The fourth-order valence-electron chi connectivity index (χ4n) is 4.05. The summed E-state index contributed by atoms with van der Waals surface area (Å²) in [6.07, 6.45) is 6.47. The van der Waals surface area contributed by atoms with Crippen molar-refractivity contribution in [2.24, 2.45) is 11.8 Å². The summed E-state index contributed by atoms with van der Waals surface area (Å²) in [4.78, 5) is 28.0. The number of aliphatic hydroxyl groups is 1. The molecule has 1 heterocycles. The molecule has 1 aliphatic carbocycles. The molecule has 3 atom stereocenters. The van der Waals surface area contributed by atoms with Crippen LogP contribution in [0.5, 0.6) is 0 Å². The van der Waals surface area contributed by atoms with Crippen LogP contribution in [0.15, 0.2) is 0 Å². The number of epoxide rings is 1. The van der Waals surface area contributed by atoms with Crippen molar-refractivity contribution >= 4 is 11.9 Å². The lowest BCUT2D eigenvalue weighted by Crippen LogP contribution is -2.46. The number of nitrogens with zero attached hydrogens (tertiary/aromatic N) is 2. The minimum Gasteiger partial charge on any atom is -0.396 e. The molecule has 0 spiro atoms. The van der Waals surface area contributed by atoms with Crippen LogP contribution >= 0.6 is 0 Å². The number of rotatable bonds is 11. The number of carbonyl (C=O) groups excluding carboxylic acids is 2. The number of carbonyl (C=O) groups is 2. The Morgan fingerprint density at radius 2 is 1.89 bits per heavy atom. The number of aliphatic hydroxyl groups excluding tert-OH is 1. The molecule has 7 heteroatoms. The van der Waals surface area contributed by atoms with Crippen molar-refractivity contribution in [2.75, 3.05) is 45.9 Å². The van der Waals surface area contributed by atoms with Crippen molar-refractivity contribution in [2.45, 2.75) is 58.5 Å². The number of nitrogens with one attached hydrogen (secondary N) is 1. The Morgan fingerprint density at radius 1 is 1.19 bits per heavy atom. The quantitative estimate of drug-likeness (QED) is 0.532. The summed E-state index contributed by atoms with van der Waals surface area (Å²) >= 11 is 0. The summed E-state index contributed by atoms with van der Waals surface area (Å²) in [6, 6.07) is -0.262. The predicted molar refractivity (Wildman–Crippen MR) is 104 cm³/mol. The molecule has 0 aromatic carbocycles. The van der Waals surface area contributed by atoms with E-state index in [1.165, 1.54) is 18.2 Å². The van der Waals surface area contributed by atoms with Crippen molar-refractivity contribution in [3.8, 4) is 0 Å². The molecule has 3 amide bonds. The van der Waals surface area contributed by atoms with Gasteiger partial charge in [0, 0.05) is 46.3 Å². The van der Waals surface area contributed by atoms with Gasteiger partial charge in [-0.2, -0.15) is 0 Å². The Bertz CT molecular complexity index is 470. The lowest BCUT2D eigenvalue weighted by Gasteiger charge is -2.35. The van der Waals surface area contributed by atoms with E-state index in [0.717, 1.165) is 58.3 Å². The molecule has 0 radical (unpaired) electrons. The van der Waals surface area contributed by atoms with E-state index in [-0.39, 0.29) is 18.5 Å². The number of ether oxygens (including phenoxy) is 1. The zero-order valence-electron chi connectivity index (χ0n) is 17.0. The first-order valence-electron chi connectivity index (χ1n) is 10.5. The molecule has 27 heavy (non-hydrogen) atoms. The third-order valence-corrected chi connectivity index (χ3v) is 5.50. The molecule has 1 aliphatic heterocycles. The standard InChI is InChI=1S/C20H37N3O4/c1-3-8-21-20(26)23(16(2)25)13-18-7-4-6-17(11-18)12-22(9-5-10-24)14-19-15-27-19/h17-19,24H,3-15H2,1-2H3,(H,21,26). The molecule has 0 bridgehead atoms. The molecule has 2 rings (SSSR count). The van der Waals surface area contributed by atoms with Gasteiger partial charge in [-0.15, -0.1) is 0 Å². The zero-order valence-corrected chi connectivity index (χ0v) is 17.0. The molecule has 156 valence electrons. The molecule has 2 N–H and O–H groups in total. The van der Waals surface area contributed by atoms with E-state index in [1.807, 2.05) is 6.92 Å². The first-order valence-corrected chi connectivity index (χ1v) is 10.5. The highest BCUT2D eigenvalue weighted by molar-refractivity contribution is 5.93. The maximum atomic E-state index is 12.3. The first kappa shape index (κ1) is 22.1. The lowest BCUT2D eigenvalue weighted by molar-refractivity contribution is -0.126. The maximum Gasteiger partial charge on any atom is 0.324 e. The topological polar surface area (TPSA) is 85.4 Å². The summed E-state index contributed by atoms with van der Waals surface area (Å²) in [5.74, 6) is 0.770. The van der Waals surface area contributed by atoms with Crippen LogP contribution in [0.25, 0.3) is 0 Å². The van der Waals surface area contributed by atoms with Gasteiger partial charge in [0.25, 0.3) is 0 Å². The Hall–Kier alpha value is -1.18. The highest BCUT2D eigenvalue weighted by atomic mass is 16.6. The van der Waals surface area contributed by atoms with Crippen LogP contribution in [0.4, 0.5) is 4.79 Å². The van der Waals surface area contributed by atoms with Crippen LogP contribution < -0.4 is 5.32 Å². The van der Waals surface area contributed by atoms with E-state index in [4.69, 9.17) is 9.84 Å². The zero-order chi connectivity index (χ0) is 19.6. The average molecular weight is 384 g/mol. The number of hydrogen-bond acceptors (Lipinski definition) is 5. The van der Waals surface area contributed by atoms with Gasteiger partial charge < -0.3 is 20.1 Å². The van der Waals surface area contributed by atoms with Crippen molar-refractivity contribution in [1.29, 1.82) is 0 Å². The summed E-state index contributed by atoms with van der Waals surface area (Å²) in [6.45, 7) is 8.51. The Labute approximate surface area is 163 Å². The van der Waals surface area contributed by atoms with Crippen LogP contribution in [-0.2, 0) is 9.53 Å². The van der Waals surface area contributed by atoms with Gasteiger partial charge in [-0.05, 0) is 43.9 Å². The van der Waals surface area contributed by atoms with Gasteiger partial charge in [-0.3, -0.25) is 9.69 Å². The largest absolute Gasteiger partial charge is 0.396 e. The van der Waals surface area contributed by atoms with Crippen molar-refractivity contribution < 1.29 is 19.4 Å². The van der Waals surface area contributed by atoms with Gasteiger partial charge in [0.15, 0.2) is 0 Å². The van der Waals surface area contributed by atoms with Gasteiger partial charge in [-0.25, -0.2) is 4.79 Å². The number of hydrogen-bond donors (Lipinski definition) is 2. The van der Waals surface area contributed by atoms with Gasteiger partial charge >= 0.3 is 6.03 Å². The van der Waals surface area contributed by atoms with Crippen molar-refractivity contribution in [3.63, 3.8) is 0 Å². The van der Waals surface area contributed by atoms with Gasteiger partial charge in [0.05, 0.1) is 12.7 Å². The van der Waals surface area contributed by atoms with E-state index >= 15 is 0 Å². The monoisotopic (exact) mass is 383 g/mol. The molecular formula is C20H37N3O4. The predicted octanol–water partition coefficient (Wildman–Crippen LogP) is 1.84. The number of imide groups is 1. The van der Waals surface area contributed by atoms with E-state index in [0.29, 0.717) is 31.0 Å². The molecule has 0 aromatic heterocycles. The molecule has 1 saturated heterocycles. The van der Waals surface area contributed by atoms with Crippen LogP contribution in [0, 0.1) is 11.8 Å². The molecule has 3 unspecified atom stereocenters. The normalized spacial score (nSPS) is 24.7. The molecule has 0 aromatic rings.